The number of rotatable bonds is 6. The van der Waals surface area contributed by atoms with Gasteiger partial charge in [0.2, 0.25) is 0 Å². The van der Waals surface area contributed by atoms with Gasteiger partial charge in [0, 0.05) is 18.1 Å². The van der Waals surface area contributed by atoms with Gasteiger partial charge in [-0.3, -0.25) is 9.89 Å². The Hall–Kier alpha value is -2.97. The highest BCUT2D eigenvalue weighted by Gasteiger charge is 2.11. The van der Waals surface area contributed by atoms with Crippen LogP contribution in [0.25, 0.3) is 10.6 Å². The number of amides is 1. The van der Waals surface area contributed by atoms with E-state index in [1.165, 1.54) is 11.3 Å². The lowest BCUT2D eigenvalue weighted by atomic mass is 10.2. The Morgan fingerprint density at radius 3 is 2.77 bits per heavy atom. The van der Waals surface area contributed by atoms with Crippen LogP contribution in [0.2, 0.25) is 0 Å². The van der Waals surface area contributed by atoms with Crippen LogP contribution in [0.4, 0.5) is 0 Å². The molecule has 0 aliphatic rings. The first-order chi connectivity index (χ1) is 12.8. The fourth-order valence-corrected chi connectivity index (χ4v) is 3.50. The fourth-order valence-electron chi connectivity index (χ4n) is 2.31. The number of aromatic amines is 1. The van der Waals surface area contributed by atoms with Crippen LogP contribution in [0.15, 0.2) is 59.4 Å². The molecular weight excluding hydrogens is 368 g/mol. The van der Waals surface area contributed by atoms with Crippen molar-refractivity contribution in [3.8, 4) is 21.5 Å². The number of thiophene rings is 1. The molecule has 0 aliphatic carbocycles. The molecule has 0 bridgehead atoms. The molecule has 4 rings (SSSR count). The Morgan fingerprint density at radius 2 is 2.04 bits per heavy atom. The highest BCUT2D eigenvalue weighted by Crippen LogP contribution is 2.24. The largest absolute Gasteiger partial charge is 0.431 e. The van der Waals surface area contributed by atoms with E-state index in [-0.39, 0.29) is 5.91 Å². The van der Waals surface area contributed by atoms with E-state index in [4.69, 9.17) is 4.74 Å². The van der Waals surface area contributed by atoms with Gasteiger partial charge in [0.15, 0.2) is 5.69 Å². The maximum absolute atomic E-state index is 12.3. The summed E-state index contributed by atoms with van der Waals surface area (Å²) in [5.41, 5.74) is 2.19. The Balaban J connectivity index is 1.34. The molecule has 0 saturated heterocycles. The molecule has 3 aromatic heterocycles. The summed E-state index contributed by atoms with van der Waals surface area (Å²) in [5, 5.41) is 14.3. The smallest absolute Gasteiger partial charge is 0.278 e. The molecular formula is C18H14N4O2S2. The van der Waals surface area contributed by atoms with Gasteiger partial charge in [0.1, 0.15) is 5.75 Å². The summed E-state index contributed by atoms with van der Waals surface area (Å²) < 4.78 is 5.61. The predicted octanol–water partition coefficient (Wildman–Crippen LogP) is 4.32. The minimum Gasteiger partial charge on any atom is -0.431 e. The molecule has 6 nitrogen and oxygen atoms in total. The van der Waals surface area contributed by atoms with Gasteiger partial charge in [-0.25, -0.2) is 4.98 Å². The summed E-state index contributed by atoms with van der Waals surface area (Å²) in [5.74, 6) is 0.495. The third-order valence-electron chi connectivity index (χ3n) is 3.59. The third kappa shape index (κ3) is 3.81. The highest BCUT2D eigenvalue weighted by molar-refractivity contribution is 7.13. The number of hydrogen-bond donors (Lipinski definition) is 2. The van der Waals surface area contributed by atoms with Crippen molar-refractivity contribution in [3.05, 3.63) is 70.7 Å². The standard InChI is InChI=1S/C18H14N4O2S2/c23-17(15-10-14(21-22-15)16-2-1-8-25-16)20-11-12-3-5-13(6-4-12)24-18-19-7-9-26-18/h1-10H,11H2,(H,20,23)(H,21,22). The highest BCUT2D eigenvalue weighted by atomic mass is 32.1. The van der Waals surface area contributed by atoms with Crippen LogP contribution in [-0.4, -0.2) is 21.1 Å². The summed E-state index contributed by atoms with van der Waals surface area (Å²) in [6.07, 6.45) is 1.70. The second-order valence-corrected chi connectivity index (χ2v) is 7.18. The summed E-state index contributed by atoms with van der Waals surface area (Å²) in [4.78, 5) is 17.4. The molecule has 0 saturated carbocycles. The number of hydrogen-bond acceptors (Lipinski definition) is 6. The molecule has 2 N–H and O–H groups in total. The average molecular weight is 382 g/mol. The topological polar surface area (TPSA) is 79.9 Å². The van der Waals surface area contributed by atoms with Crippen molar-refractivity contribution >= 4 is 28.6 Å². The minimum atomic E-state index is -0.216. The average Bonchev–Trinajstić information content (AvgIpc) is 3.42. The van der Waals surface area contributed by atoms with Crippen LogP contribution in [-0.2, 0) is 6.54 Å². The van der Waals surface area contributed by atoms with E-state index in [9.17, 15) is 4.79 Å². The Morgan fingerprint density at radius 1 is 1.15 bits per heavy atom. The molecule has 8 heteroatoms. The quantitative estimate of drug-likeness (QED) is 0.520. The summed E-state index contributed by atoms with van der Waals surface area (Å²) in [6.45, 7) is 0.414. The molecule has 130 valence electrons. The first-order valence-electron chi connectivity index (χ1n) is 7.82. The number of nitrogens with one attached hydrogen (secondary N) is 2. The van der Waals surface area contributed by atoms with E-state index in [0.29, 0.717) is 23.2 Å². The molecule has 0 radical (unpaired) electrons. The summed E-state index contributed by atoms with van der Waals surface area (Å²) in [7, 11) is 0. The fraction of sp³-hybridized carbons (Fsp3) is 0.0556. The molecule has 3 heterocycles. The van der Waals surface area contributed by atoms with Crippen LogP contribution in [0.1, 0.15) is 16.1 Å². The molecule has 1 aromatic carbocycles. The van der Waals surface area contributed by atoms with Crippen LogP contribution in [0.3, 0.4) is 0 Å². The number of nitrogens with zero attached hydrogens (tertiary/aromatic N) is 2. The van der Waals surface area contributed by atoms with E-state index in [2.05, 4.69) is 20.5 Å². The van der Waals surface area contributed by atoms with Gasteiger partial charge in [-0.05, 0) is 35.2 Å². The number of thiazole rings is 1. The van der Waals surface area contributed by atoms with Gasteiger partial charge in [-0.15, -0.1) is 11.3 Å². The lowest BCUT2D eigenvalue weighted by molar-refractivity contribution is 0.0946. The van der Waals surface area contributed by atoms with E-state index < -0.39 is 0 Å². The Labute approximate surface area is 157 Å². The maximum Gasteiger partial charge on any atom is 0.278 e. The van der Waals surface area contributed by atoms with Gasteiger partial charge in [0.05, 0.1) is 10.6 Å². The Kier molecular flexibility index (Phi) is 4.76. The van der Waals surface area contributed by atoms with Crippen LogP contribution < -0.4 is 10.1 Å². The van der Waals surface area contributed by atoms with Crippen molar-refractivity contribution in [1.82, 2.24) is 20.5 Å². The van der Waals surface area contributed by atoms with Gasteiger partial charge in [0.25, 0.3) is 11.1 Å². The number of benzene rings is 1. The number of ether oxygens (including phenoxy) is 1. The summed E-state index contributed by atoms with van der Waals surface area (Å²) in [6, 6.07) is 13.2. The number of aromatic nitrogens is 3. The minimum absolute atomic E-state index is 0.216. The van der Waals surface area contributed by atoms with Crippen molar-refractivity contribution in [1.29, 1.82) is 0 Å². The van der Waals surface area contributed by atoms with Crippen molar-refractivity contribution < 1.29 is 9.53 Å². The zero-order valence-corrected chi connectivity index (χ0v) is 15.1. The second-order valence-electron chi connectivity index (χ2n) is 5.37. The molecule has 0 fully saturated rings. The SMILES string of the molecule is O=C(NCc1ccc(Oc2nccs2)cc1)c1cc(-c2cccs2)[nH]n1. The van der Waals surface area contributed by atoms with Crippen molar-refractivity contribution in [3.63, 3.8) is 0 Å². The molecule has 0 aliphatic heterocycles. The normalized spacial score (nSPS) is 10.6. The van der Waals surface area contributed by atoms with E-state index >= 15 is 0 Å². The second kappa shape index (κ2) is 7.51. The first-order valence-corrected chi connectivity index (χ1v) is 9.57. The molecule has 0 atom stereocenters. The zero-order chi connectivity index (χ0) is 17.8. The van der Waals surface area contributed by atoms with Crippen molar-refractivity contribution in [2.75, 3.05) is 0 Å². The maximum atomic E-state index is 12.3. The monoisotopic (exact) mass is 382 g/mol. The van der Waals surface area contributed by atoms with Gasteiger partial charge < -0.3 is 10.1 Å². The molecule has 4 aromatic rings. The number of H-pyrrole nitrogens is 1. The van der Waals surface area contributed by atoms with Crippen molar-refractivity contribution in [2.24, 2.45) is 0 Å². The van der Waals surface area contributed by atoms with Crippen LogP contribution >= 0.6 is 22.7 Å². The van der Waals surface area contributed by atoms with Gasteiger partial charge >= 0.3 is 0 Å². The van der Waals surface area contributed by atoms with Gasteiger partial charge in [-0.1, -0.05) is 29.5 Å². The number of carbonyl (C=O) groups is 1. The zero-order valence-electron chi connectivity index (χ0n) is 13.5. The molecule has 0 spiro atoms. The summed E-state index contributed by atoms with van der Waals surface area (Å²) >= 11 is 3.03. The lowest BCUT2D eigenvalue weighted by Crippen LogP contribution is -2.23. The molecule has 1 amide bonds. The Bertz CT molecular complexity index is 977. The first kappa shape index (κ1) is 16.5. The van der Waals surface area contributed by atoms with Crippen LogP contribution in [0, 0.1) is 0 Å². The van der Waals surface area contributed by atoms with Crippen LogP contribution in [0.5, 0.6) is 10.9 Å². The molecule has 0 unspecified atom stereocenters. The van der Waals surface area contributed by atoms with E-state index in [1.807, 2.05) is 47.2 Å². The van der Waals surface area contributed by atoms with Gasteiger partial charge in [-0.2, -0.15) is 5.10 Å². The lowest BCUT2D eigenvalue weighted by Gasteiger charge is -2.05. The third-order valence-corrected chi connectivity index (χ3v) is 5.14. The predicted molar refractivity (Wildman–Crippen MR) is 102 cm³/mol. The number of carbonyl (C=O) groups excluding carboxylic acids is 1. The van der Waals surface area contributed by atoms with E-state index in [0.717, 1.165) is 16.1 Å². The molecule has 26 heavy (non-hydrogen) atoms. The van der Waals surface area contributed by atoms with E-state index in [1.54, 1.807) is 23.6 Å². The van der Waals surface area contributed by atoms with Crippen molar-refractivity contribution in [2.45, 2.75) is 6.54 Å².